The molecule has 1 amide bonds. The highest BCUT2D eigenvalue weighted by atomic mass is 16.2. The lowest BCUT2D eigenvalue weighted by atomic mass is 10.1. The highest BCUT2D eigenvalue weighted by molar-refractivity contribution is 5.81. The molecule has 0 fully saturated rings. The average molecular weight is 352 g/mol. The van der Waals surface area contributed by atoms with Gasteiger partial charge in [0.1, 0.15) is 0 Å². The first-order chi connectivity index (χ1) is 12.7. The van der Waals surface area contributed by atoms with E-state index < -0.39 is 0 Å². The van der Waals surface area contributed by atoms with Crippen molar-refractivity contribution in [3.05, 3.63) is 71.8 Å². The molecule has 138 valence electrons. The van der Waals surface area contributed by atoms with Crippen LogP contribution in [0.1, 0.15) is 17.5 Å². The maximum absolute atomic E-state index is 12.2. The molecule has 0 aromatic heterocycles. The van der Waals surface area contributed by atoms with Crippen molar-refractivity contribution in [1.82, 2.24) is 15.5 Å². The molecule has 2 rings (SSSR count). The van der Waals surface area contributed by atoms with Gasteiger partial charge < -0.3 is 15.5 Å². The van der Waals surface area contributed by atoms with Crippen molar-refractivity contribution in [2.24, 2.45) is 4.99 Å². The standard InChI is InChI=1S/C21H28N4O/c1-22-21(23-15-13-18-9-5-3-6-10-18)24-16-14-20(26)25(2)17-19-11-7-4-8-12-19/h3-12H,13-17H2,1-2H3,(H2,22,23,24). The van der Waals surface area contributed by atoms with Gasteiger partial charge in [-0.2, -0.15) is 0 Å². The van der Waals surface area contributed by atoms with Gasteiger partial charge in [-0.05, 0) is 17.5 Å². The van der Waals surface area contributed by atoms with Crippen LogP contribution in [-0.4, -0.2) is 44.0 Å². The van der Waals surface area contributed by atoms with Crippen molar-refractivity contribution >= 4 is 11.9 Å². The summed E-state index contributed by atoms with van der Waals surface area (Å²) in [5.74, 6) is 0.834. The number of benzene rings is 2. The molecular formula is C21H28N4O. The lowest BCUT2D eigenvalue weighted by Gasteiger charge is -2.18. The van der Waals surface area contributed by atoms with E-state index in [0.717, 1.165) is 24.5 Å². The van der Waals surface area contributed by atoms with E-state index in [1.165, 1.54) is 5.56 Å². The molecular weight excluding hydrogens is 324 g/mol. The minimum atomic E-state index is 0.112. The summed E-state index contributed by atoms with van der Waals surface area (Å²) in [7, 11) is 3.57. The average Bonchev–Trinajstić information content (AvgIpc) is 2.68. The van der Waals surface area contributed by atoms with Crippen molar-refractivity contribution in [3.63, 3.8) is 0 Å². The molecule has 26 heavy (non-hydrogen) atoms. The monoisotopic (exact) mass is 352 g/mol. The van der Waals surface area contributed by atoms with Gasteiger partial charge in [-0.1, -0.05) is 60.7 Å². The molecule has 0 radical (unpaired) electrons. The normalized spacial score (nSPS) is 11.1. The zero-order valence-corrected chi connectivity index (χ0v) is 15.6. The van der Waals surface area contributed by atoms with E-state index in [1.807, 2.05) is 55.6 Å². The topological polar surface area (TPSA) is 56.7 Å². The summed E-state index contributed by atoms with van der Waals surface area (Å²) in [5.41, 5.74) is 2.42. The lowest BCUT2D eigenvalue weighted by molar-refractivity contribution is -0.130. The molecule has 0 aliphatic heterocycles. The van der Waals surface area contributed by atoms with Crippen LogP contribution in [0.5, 0.6) is 0 Å². The fraction of sp³-hybridized carbons (Fsp3) is 0.333. The first-order valence-electron chi connectivity index (χ1n) is 8.95. The van der Waals surface area contributed by atoms with Crippen LogP contribution in [0.3, 0.4) is 0 Å². The Hall–Kier alpha value is -2.82. The van der Waals surface area contributed by atoms with Crippen LogP contribution in [0.15, 0.2) is 65.7 Å². The molecule has 0 saturated heterocycles. The number of aliphatic imine (C=N–C) groups is 1. The molecule has 0 heterocycles. The largest absolute Gasteiger partial charge is 0.356 e. The number of nitrogens with zero attached hydrogens (tertiary/aromatic N) is 2. The smallest absolute Gasteiger partial charge is 0.224 e. The third-order valence-electron chi connectivity index (χ3n) is 4.09. The fourth-order valence-corrected chi connectivity index (χ4v) is 2.61. The summed E-state index contributed by atoms with van der Waals surface area (Å²) >= 11 is 0. The van der Waals surface area contributed by atoms with Crippen molar-refractivity contribution in [2.45, 2.75) is 19.4 Å². The Morgan fingerprint density at radius 3 is 2.12 bits per heavy atom. The van der Waals surface area contributed by atoms with Gasteiger partial charge in [0, 0.05) is 40.2 Å². The van der Waals surface area contributed by atoms with Crippen molar-refractivity contribution in [1.29, 1.82) is 0 Å². The van der Waals surface area contributed by atoms with Crippen molar-refractivity contribution in [3.8, 4) is 0 Å². The van der Waals surface area contributed by atoms with Gasteiger partial charge in [0.25, 0.3) is 0 Å². The molecule has 0 spiro atoms. The zero-order chi connectivity index (χ0) is 18.6. The number of rotatable bonds is 8. The van der Waals surface area contributed by atoms with E-state index >= 15 is 0 Å². The number of carbonyl (C=O) groups excluding carboxylic acids is 1. The zero-order valence-electron chi connectivity index (χ0n) is 15.6. The third kappa shape index (κ3) is 6.97. The molecule has 0 aliphatic rings. The SMILES string of the molecule is CN=C(NCCC(=O)N(C)Cc1ccccc1)NCCc1ccccc1. The van der Waals surface area contributed by atoms with Crippen LogP contribution < -0.4 is 10.6 Å². The molecule has 0 aliphatic carbocycles. The second-order valence-electron chi connectivity index (χ2n) is 6.15. The number of amides is 1. The van der Waals surface area contributed by atoms with E-state index in [9.17, 15) is 4.79 Å². The molecule has 2 N–H and O–H groups in total. The van der Waals surface area contributed by atoms with Crippen LogP contribution >= 0.6 is 0 Å². The summed E-state index contributed by atoms with van der Waals surface area (Å²) in [4.78, 5) is 18.2. The minimum absolute atomic E-state index is 0.112. The third-order valence-corrected chi connectivity index (χ3v) is 4.09. The Balaban J connectivity index is 1.65. The molecule has 5 heteroatoms. The first kappa shape index (κ1) is 19.5. The molecule has 0 bridgehead atoms. The summed E-state index contributed by atoms with van der Waals surface area (Å²) in [6, 6.07) is 20.3. The van der Waals surface area contributed by atoms with E-state index in [2.05, 4.69) is 27.8 Å². The van der Waals surface area contributed by atoms with E-state index in [4.69, 9.17) is 0 Å². The number of hydrogen-bond donors (Lipinski definition) is 2. The Morgan fingerprint density at radius 2 is 1.50 bits per heavy atom. The van der Waals surface area contributed by atoms with E-state index in [1.54, 1.807) is 11.9 Å². The lowest BCUT2D eigenvalue weighted by Crippen LogP contribution is -2.40. The molecule has 0 atom stereocenters. The van der Waals surface area contributed by atoms with E-state index in [-0.39, 0.29) is 5.91 Å². The van der Waals surface area contributed by atoms with Crippen molar-refractivity contribution < 1.29 is 4.79 Å². The number of guanidine groups is 1. The number of hydrogen-bond acceptors (Lipinski definition) is 2. The van der Waals surface area contributed by atoms with Gasteiger partial charge in [0.05, 0.1) is 0 Å². The van der Waals surface area contributed by atoms with Crippen molar-refractivity contribution in [2.75, 3.05) is 27.2 Å². The minimum Gasteiger partial charge on any atom is -0.356 e. The molecule has 5 nitrogen and oxygen atoms in total. The Morgan fingerprint density at radius 1 is 0.923 bits per heavy atom. The molecule has 0 unspecified atom stereocenters. The second kappa shape index (κ2) is 10.9. The maximum Gasteiger partial charge on any atom is 0.224 e. The predicted octanol–water partition coefficient (Wildman–Crippen LogP) is 2.44. The molecule has 2 aromatic rings. The highest BCUT2D eigenvalue weighted by Crippen LogP contribution is 2.03. The van der Waals surface area contributed by atoms with Gasteiger partial charge in [-0.15, -0.1) is 0 Å². The first-order valence-corrected chi connectivity index (χ1v) is 8.95. The van der Waals surface area contributed by atoms with E-state index in [0.29, 0.717) is 19.5 Å². The summed E-state index contributed by atoms with van der Waals surface area (Å²) in [6.45, 7) is 1.98. The van der Waals surface area contributed by atoms with Crippen LogP contribution in [-0.2, 0) is 17.8 Å². The molecule has 2 aromatic carbocycles. The predicted molar refractivity (Wildman–Crippen MR) is 107 cm³/mol. The Bertz CT molecular complexity index is 686. The van der Waals surface area contributed by atoms with Crippen LogP contribution in [0, 0.1) is 0 Å². The Kier molecular flexibility index (Phi) is 8.19. The number of nitrogens with one attached hydrogen (secondary N) is 2. The highest BCUT2D eigenvalue weighted by Gasteiger charge is 2.09. The van der Waals surface area contributed by atoms with Crippen LogP contribution in [0.2, 0.25) is 0 Å². The second-order valence-corrected chi connectivity index (χ2v) is 6.15. The number of carbonyl (C=O) groups is 1. The maximum atomic E-state index is 12.2. The van der Waals surface area contributed by atoms with Gasteiger partial charge in [-0.3, -0.25) is 9.79 Å². The summed E-state index contributed by atoms with van der Waals surface area (Å²) in [6.07, 6.45) is 1.36. The van der Waals surface area contributed by atoms with Crippen LogP contribution in [0.25, 0.3) is 0 Å². The Labute approximate surface area is 156 Å². The fourth-order valence-electron chi connectivity index (χ4n) is 2.61. The van der Waals surface area contributed by atoms with Gasteiger partial charge in [-0.25, -0.2) is 0 Å². The van der Waals surface area contributed by atoms with Crippen LogP contribution in [0.4, 0.5) is 0 Å². The summed E-state index contributed by atoms with van der Waals surface area (Å²) in [5, 5.41) is 6.47. The van der Waals surface area contributed by atoms with Gasteiger partial charge in [0.2, 0.25) is 5.91 Å². The van der Waals surface area contributed by atoms with Gasteiger partial charge >= 0.3 is 0 Å². The quantitative estimate of drug-likeness (QED) is 0.567. The van der Waals surface area contributed by atoms with Gasteiger partial charge in [0.15, 0.2) is 5.96 Å². The molecule has 0 saturated carbocycles. The summed E-state index contributed by atoms with van der Waals surface area (Å²) < 4.78 is 0.